The van der Waals surface area contributed by atoms with Crippen molar-refractivity contribution in [3.8, 4) is 0 Å². The van der Waals surface area contributed by atoms with Crippen LogP contribution < -0.4 is 0 Å². The first kappa shape index (κ1) is 20.5. The number of halogens is 6. The number of alkyl halides is 6. The Balaban J connectivity index is 0. The topological polar surface area (TPSA) is 26.7 Å². The van der Waals surface area contributed by atoms with Crippen LogP contribution in [-0.4, -0.2) is 61.3 Å². The van der Waals surface area contributed by atoms with E-state index in [2.05, 4.69) is 6.58 Å². The number of rotatable bonds is 5. The van der Waals surface area contributed by atoms with Gasteiger partial charge in [-0.15, -0.1) is 6.58 Å². The minimum Gasteiger partial charge on any atom is -0.396 e. The van der Waals surface area contributed by atoms with E-state index in [9.17, 15) is 26.3 Å². The summed E-state index contributed by atoms with van der Waals surface area (Å²) in [6.45, 7) is 2.65. The molecule has 116 valence electrons. The summed E-state index contributed by atoms with van der Waals surface area (Å²) in [7, 11) is 1.93. The van der Waals surface area contributed by atoms with Crippen LogP contribution in [-0.2, 0) is 0 Å². The quantitative estimate of drug-likeness (QED) is 0.479. The molecule has 0 aromatic heterocycles. The predicted octanol–water partition coefficient (Wildman–Crippen LogP) is 2.44. The monoisotopic (exact) mass is 296 g/mol. The van der Waals surface area contributed by atoms with Crippen LogP contribution in [0.15, 0.2) is 12.7 Å². The van der Waals surface area contributed by atoms with Crippen molar-refractivity contribution in [2.45, 2.75) is 19.0 Å². The molecule has 0 spiro atoms. The molecule has 0 heterocycles. The number of hydrogen-bond acceptors (Lipinski definition) is 3. The Morgan fingerprint density at radius 2 is 1.42 bits per heavy atom. The lowest BCUT2D eigenvalue weighted by Crippen LogP contribution is -2.35. The molecule has 0 unspecified atom stereocenters. The van der Waals surface area contributed by atoms with Crippen LogP contribution in [0.3, 0.4) is 0 Å². The van der Waals surface area contributed by atoms with E-state index >= 15 is 0 Å². The second kappa shape index (κ2) is 9.16. The van der Waals surface area contributed by atoms with Gasteiger partial charge in [-0.05, 0) is 20.5 Å². The molecule has 0 atom stereocenters. The van der Waals surface area contributed by atoms with Crippen LogP contribution in [0.4, 0.5) is 26.3 Å². The van der Waals surface area contributed by atoms with Crippen molar-refractivity contribution < 1.29 is 31.4 Å². The van der Waals surface area contributed by atoms with Gasteiger partial charge < -0.3 is 5.11 Å². The Morgan fingerprint density at radius 3 is 1.63 bits per heavy atom. The van der Waals surface area contributed by atoms with Gasteiger partial charge in [0, 0.05) is 19.7 Å². The molecule has 3 nitrogen and oxygen atoms in total. The van der Waals surface area contributed by atoms with Gasteiger partial charge in [0.2, 0.25) is 0 Å². The maximum atomic E-state index is 11.6. The molecule has 0 bridgehead atoms. The molecule has 0 radical (unpaired) electrons. The Labute approximate surface area is 108 Å². The van der Waals surface area contributed by atoms with Crippen molar-refractivity contribution in [2.75, 3.05) is 33.8 Å². The molecule has 0 fully saturated rings. The van der Waals surface area contributed by atoms with Crippen molar-refractivity contribution in [3.05, 3.63) is 12.7 Å². The zero-order valence-electron chi connectivity index (χ0n) is 10.7. The van der Waals surface area contributed by atoms with Gasteiger partial charge in [0.15, 0.2) is 0 Å². The molecule has 0 aliphatic heterocycles. The zero-order chi connectivity index (χ0) is 15.7. The lowest BCUT2D eigenvalue weighted by molar-refractivity contribution is -0.237. The van der Waals surface area contributed by atoms with Crippen LogP contribution in [0.1, 0.15) is 6.42 Å². The Morgan fingerprint density at radius 1 is 1.00 bits per heavy atom. The zero-order valence-corrected chi connectivity index (χ0v) is 10.7. The second-order valence-electron chi connectivity index (χ2n) is 3.60. The van der Waals surface area contributed by atoms with Crippen LogP contribution >= 0.6 is 0 Å². The third-order valence-electron chi connectivity index (χ3n) is 1.92. The lowest BCUT2D eigenvalue weighted by atomic mass is 10.4. The smallest absolute Gasteiger partial charge is 0.396 e. The number of aliphatic hydroxyl groups excluding tert-OH is 1. The normalized spacial score (nSPS) is 12.4. The second-order valence-corrected chi connectivity index (χ2v) is 3.60. The minimum absolute atomic E-state index is 0.149. The molecule has 19 heavy (non-hydrogen) atoms. The van der Waals surface area contributed by atoms with E-state index in [1.807, 2.05) is 0 Å². The van der Waals surface area contributed by atoms with Gasteiger partial charge in [0.05, 0.1) is 0 Å². The largest absolute Gasteiger partial charge is 0.459 e. The van der Waals surface area contributed by atoms with Gasteiger partial charge in [0.1, 0.15) is 0 Å². The fraction of sp³-hybridized carbons (Fsp3) is 0.800. The van der Waals surface area contributed by atoms with E-state index in [1.54, 1.807) is 0 Å². The maximum absolute atomic E-state index is 11.6. The average molecular weight is 296 g/mol. The third kappa shape index (κ3) is 12.0. The van der Waals surface area contributed by atoms with Crippen molar-refractivity contribution >= 4 is 0 Å². The van der Waals surface area contributed by atoms with Gasteiger partial charge in [-0.2, -0.15) is 26.3 Å². The summed E-state index contributed by atoms with van der Waals surface area (Å²) in [6.07, 6.45) is -7.15. The summed E-state index contributed by atoms with van der Waals surface area (Å²) in [6, 6.07) is 0. The summed E-state index contributed by atoms with van der Waals surface area (Å²) in [5, 5.41) is 8.19. The van der Waals surface area contributed by atoms with Gasteiger partial charge >= 0.3 is 12.6 Å². The maximum Gasteiger partial charge on any atom is 0.459 e. The van der Waals surface area contributed by atoms with Crippen molar-refractivity contribution in [3.63, 3.8) is 0 Å². The Kier molecular flexibility index (Phi) is 9.89. The van der Waals surface area contributed by atoms with Gasteiger partial charge in [-0.25, -0.2) is 9.80 Å². The van der Waals surface area contributed by atoms with E-state index in [0.717, 1.165) is 14.1 Å². The van der Waals surface area contributed by atoms with E-state index in [4.69, 9.17) is 5.11 Å². The molecular formula is C10H18F6N2O. The highest BCUT2D eigenvalue weighted by Gasteiger charge is 2.33. The summed E-state index contributed by atoms with van der Waals surface area (Å²) in [5.74, 6) is 0. The number of likely N-dealkylation sites (N-methyl/N-ethyl adjacent to an activating group) is 1. The molecule has 1 N–H and O–H groups in total. The molecule has 0 aromatic rings. The standard InChI is InChI=1S/C5H10F3NO.C5H8F3N/c1-9(3-2-4-10)5(6,7)8;1-3-4-9(2)5(6,7)8/h10H,2-4H2,1H3;3H,1,4H2,2H3. The fourth-order valence-electron chi connectivity index (χ4n) is 0.732. The summed E-state index contributed by atoms with van der Waals surface area (Å²) < 4.78 is 69.4. The highest BCUT2D eigenvalue weighted by Crippen LogP contribution is 2.18. The Hall–Kier alpha value is -0.800. The summed E-state index contributed by atoms with van der Waals surface area (Å²) in [4.78, 5) is 0.489. The summed E-state index contributed by atoms with van der Waals surface area (Å²) >= 11 is 0. The number of nitrogens with zero attached hydrogens (tertiary/aromatic N) is 2. The lowest BCUT2D eigenvalue weighted by Gasteiger charge is -2.18. The molecule has 0 saturated heterocycles. The highest BCUT2D eigenvalue weighted by molar-refractivity contribution is 4.71. The van der Waals surface area contributed by atoms with Crippen molar-refractivity contribution in [1.29, 1.82) is 0 Å². The molecule has 0 aliphatic carbocycles. The van der Waals surface area contributed by atoms with Crippen LogP contribution in [0.5, 0.6) is 0 Å². The first-order valence-electron chi connectivity index (χ1n) is 5.24. The average Bonchev–Trinajstić information content (AvgIpc) is 2.24. The van der Waals surface area contributed by atoms with E-state index in [0.29, 0.717) is 0 Å². The molecule has 0 saturated carbocycles. The fourth-order valence-corrected chi connectivity index (χ4v) is 0.732. The number of aliphatic hydroxyl groups is 1. The van der Waals surface area contributed by atoms with Gasteiger partial charge in [-0.1, -0.05) is 6.08 Å². The van der Waals surface area contributed by atoms with Crippen molar-refractivity contribution in [2.24, 2.45) is 0 Å². The minimum atomic E-state index is -4.27. The Bertz CT molecular complexity index is 241. The van der Waals surface area contributed by atoms with E-state index in [1.165, 1.54) is 6.08 Å². The molecule has 0 aliphatic rings. The summed E-state index contributed by atoms with van der Waals surface area (Å²) in [5.41, 5.74) is 0. The van der Waals surface area contributed by atoms with Crippen LogP contribution in [0, 0.1) is 0 Å². The molecule has 0 rings (SSSR count). The highest BCUT2D eigenvalue weighted by atomic mass is 19.4. The van der Waals surface area contributed by atoms with Crippen LogP contribution in [0.2, 0.25) is 0 Å². The van der Waals surface area contributed by atoms with Crippen LogP contribution in [0.25, 0.3) is 0 Å². The van der Waals surface area contributed by atoms with Crippen molar-refractivity contribution in [1.82, 2.24) is 9.80 Å². The first-order chi connectivity index (χ1) is 8.46. The molecular weight excluding hydrogens is 278 g/mol. The van der Waals surface area contributed by atoms with Gasteiger partial charge in [0.25, 0.3) is 0 Å². The SMILES string of the molecule is C=CCN(C)C(F)(F)F.CN(CCCO)C(F)(F)F. The first-order valence-corrected chi connectivity index (χ1v) is 5.24. The van der Waals surface area contributed by atoms with Gasteiger partial charge in [-0.3, -0.25) is 0 Å². The van der Waals surface area contributed by atoms with E-state index < -0.39 is 12.6 Å². The molecule has 0 aromatic carbocycles. The van der Waals surface area contributed by atoms with E-state index in [-0.39, 0.29) is 35.9 Å². The number of hydrogen-bond donors (Lipinski definition) is 1. The third-order valence-corrected chi connectivity index (χ3v) is 1.92. The predicted molar refractivity (Wildman–Crippen MR) is 59.3 cm³/mol. The molecule has 0 amide bonds. The molecule has 9 heteroatoms.